The van der Waals surface area contributed by atoms with Gasteiger partial charge in [0, 0.05) is 18.7 Å². The van der Waals surface area contributed by atoms with Gasteiger partial charge in [-0.05, 0) is 30.4 Å². The van der Waals surface area contributed by atoms with Gasteiger partial charge in [-0.15, -0.1) is 0 Å². The number of carbonyl (C=O) groups is 3. The average molecular weight is 371 g/mol. The molecule has 26 heavy (non-hydrogen) atoms. The van der Waals surface area contributed by atoms with Gasteiger partial charge >= 0.3 is 12.1 Å². The van der Waals surface area contributed by atoms with Crippen molar-refractivity contribution in [3.05, 3.63) is 22.9 Å². The number of β-lactam (4-membered cyclic amide) rings is 1. The standard InChI is InChI=1S/C16H16F3N3O4/c17-16(18,19)6-21-2-1-7(13(21)23)3-8-4-9-5-20-10-11(9)22(14(10)24)12(8)15(25)26/h3,9-11,20H,1-2,4-6H2,(H,25,26)/b7-3+/t9?,10?,11-/m1/s1. The first-order valence-corrected chi connectivity index (χ1v) is 8.27. The highest BCUT2D eigenvalue weighted by Crippen LogP contribution is 2.44. The van der Waals surface area contributed by atoms with Crippen molar-refractivity contribution in [3.8, 4) is 0 Å². The Morgan fingerprint density at radius 2 is 2.08 bits per heavy atom. The molecular weight excluding hydrogens is 355 g/mol. The molecule has 0 bridgehead atoms. The van der Waals surface area contributed by atoms with Crippen molar-refractivity contribution in [1.82, 2.24) is 15.1 Å². The van der Waals surface area contributed by atoms with E-state index in [-0.39, 0.29) is 48.1 Å². The third kappa shape index (κ3) is 2.51. The molecule has 2 unspecified atom stereocenters. The van der Waals surface area contributed by atoms with E-state index in [9.17, 15) is 32.7 Å². The van der Waals surface area contributed by atoms with Crippen molar-refractivity contribution < 1.29 is 32.7 Å². The molecule has 7 nitrogen and oxygen atoms in total. The molecule has 0 spiro atoms. The summed E-state index contributed by atoms with van der Waals surface area (Å²) in [6.45, 7) is -0.821. The molecule has 0 aliphatic carbocycles. The van der Waals surface area contributed by atoms with E-state index in [0.29, 0.717) is 23.4 Å². The fourth-order valence-electron chi connectivity index (χ4n) is 4.33. The Balaban J connectivity index is 1.65. The molecule has 0 aromatic carbocycles. The third-order valence-electron chi connectivity index (χ3n) is 5.39. The summed E-state index contributed by atoms with van der Waals surface area (Å²) in [6, 6.07) is -0.560. The molecule has 4 aliphatic rings. The summed E-state index contributed by atoms with van der Waals surface area (Å²) in [6.07, 6.45) is -2.62. The van der Waals surface area contributed by atoms with Gasteiger partial charge < -0.3 is 15.3 Å². The Hall–Kier alpha value is -2.36. The Morgan fingerprint density at radius 3 is 2.73 bits per heavy atom. The minimum absolute atomic E-state index is 0.0374. The highest BCUT2D eigenvalue weighted by atomic mass is 19.4. The summed E-state index contributed by atoms with van der Waals surface area (Å²) in [4.78, 5) is 38.0. The van der Waals surface area contributed by atoms with E-state index >= 15 is 0 Å². The lowest BCUT2D eigenvalue weighted by molar-refractivity contribution is -0.156. The molecule has 140 valence electrons. The lowest BCUT2D eigenvalue weighted by Gasteiger charge is -2.48. The van der Waals surface area contributed by atoms with Gasteiger partial charge in [0.25, 0.3) is 0 Å². The quantitative estimate of drug-likeness (QED) is 0.548. The summed E-state index contributed by atoms with van der Waals surface area (Å²) in [5.41, 5.74) is 0.314. The molecule has 0 aromatic heterocycles. The molecule has 0 saturated carbocycles. The zero-order valence-electron chi connectivity index (χ0n) is 13.5. The van der Waals surface area contributed by atoms with Gasteiger partial charge in [0.2, 0.25) is 11.8 Å². The summed E-state index contributed by atoms with van der Waals surface area (Å²) in [5, 5.41) is 12.6. The van der Waals surface area contributed by atoms with E-state index < -0.39 is 24.6 Å². The van der Waals surface area contributed by atoms with Crippen LogP contribution < -0.4 is 5.32 Å². The maximum absolute atomic E-state index is 12.5. The molecule has 0 radical (unpaired) electrons. The molecule has 3 atom stereocenters. The van der Waals surface area contributed by atoms with Crippen LogP contribution in [0.25, 0.3) is 0 Å². The Labute approximate surface area is 146 Å². The second-order valence-electron chi connectivity index (χ2n) is 6.99. The highest BCUT2D eigenvalue weighted by Gasteiger charge is 2.59. The minimum Gasteiger partial charge on any atom is -0.477 e. The predicted octanol–water partition coefficient (Wildman–Crippen LogP) is 0.249. The van der Waals surface area contributed by atoms with Crippen LogP contribution in [0.3, 0.4) is 0 Å². The number of carboxylic acids is 1. The number of amides is 2. The van der Waals surface area contributed by atoms with Crippen molar-refractivity contribution in [1.29, 1.82) is 0 Å². The second-order valence-corrected chi connectivity index (χ2v) is 6.99. The lowest BCUT2D eigenvalue weighted by atomic mass is 9.79. The molecule has 4 aliphatic heterocycles. The van der Waals surface area contributed by atoms with Crippen LogP contribution in [0.5, 0.6) is 0 Å². The first kappa shape index (κ1) is 17.1. The number of nitrogens with one attached hydrogen (secondary N) is 1. The summed E-state index contributed by atoms with van der Waals surface area (Å²) in [5.74, 6) is -2.29. The van der Waals surface area contributed by atoms with Crippen LogP contribution in [0.4, 0.5) is 13.2 Å². The van der Waals surface area contributed by atoms with Crippen LogP contribution >= 0.6 is 0 Å². The fraction of sp³-hybridized carbons (Fsp3) is 0.562. The number of rotatable bonds is 3. The summed E-state index contributed by atoms with van der Waals surface area (Å²) < 4.78 is 37.6. The fourth-order valence-corrected chi connectivity index (χ4v) is 4.33. The number of likely N-dealkylation sites (tertiary alicyclic amines) is 1. The second kappa shape index (κ2) is 5.57. The highest BCUT2D eigenvalue weighted by molar-refractivity contribution is 6.02. The zero-order valence-corrected chi connectivity index (χ0v) is 13.5. The van der Waals surface area contributed by atoms with E-state index in [1.807, 2.05) is 0 Å². The molecular formula is C16H16F3N3O4. The average Bonchev–Trinajstić information content (AvgIpc) is 3.08. The van der Waals surface area contributed by atoms with Gasteiger partial charge in [-0.2, -0.15) is 13.2 Å². The van der Waals surface area contributed by atoms with E-state index in [4.69, 9.17) is 0 Å². The first-order chi connectivity index (χ1) is 12.2. The SMILES string of the molecule is O=C(O)C1=C(/C=C2\CCN(CC(F)(F)F)C2=O)CC2CNC3C(=O)N1[C@H]23. The predicted molar refractivity (Wildman–Crippen MR) is 80.5 cm³/mol. The maximum Gasteiger partial charge on any atom is 0.406 e. The minimum atomic E-state index is -4.48. The number of alkyl halides is 3. The largest absolute Gasteiger partial charge is 0.477 e. The van der Waals surface area contributed by atoms with Crippen LogP contribution in [-0.4, -0.2) is 70.6 Å². The molecule has 2 amide bonds. The van der Waals surface area contributed by atoms with Crippen molar-refractivity contribution in [2.24, 2.45) is 5.92 Å². The van der Waals surface area contributed by atoms with Crippen LogP contribution in [0.15, 0.2) is 22.9 Å². The van der Waals surface area contributed by atoms with Crippen molar-refractivity contribution in [2.75, 3.05) is 19.6 Å². The van der Waals surface area contributed by atoms with Crippen molar-refractivity contribution >= 4 is 17.8 Å². The Bertz CT molecular complexity index is 773. The molecule has 3 fully saturated rings. The number of allylic oxidation sites excluding steroid dienone is 2. The molecule has 3 saturated heterocycles. The molecule has 4 heterocycles. The van der Waals surface area contributed by atoms with Gasteiger partial charge in [-0.3, -0.25) is 14.5 Å². The number of hydrogen-bond acceptors (Lipinski definition) is 4. The normalized spacial score (nSPS) is 32.4. The zero-order chi connectivity index (χ0) is 18.8. The topological polar surface area (TPSA) is 90.0 Å². The Morgan fingerprint density at radius 1 is 1.35 bits per heavy atom. The third-order valence-corrected chi connectivity index (χ3v) is 5.39. The van der Waals surface area contributed by atoms with E-state index in [1.54, 1.807) is 0 Å². The van der Waals surface area contributed by atoms with E-state index in [2.05, 4.69) is 5.32 Å². The smallest absolute Gasteiger partial charge is 0.406 e. The van der Waals surface area contributed by atoms with Gasteiger partial charge in [0.05, 0.1) is 6.04 Å². The van der Waals surface area contributed by atoms with E-state index in [1.165, 1.54) is 11.0 Å². The van der Waals surface area contributed by atoms with Crippen molar-refractivity contribution in [3.63, 3.8) is 0 Å². The number of nitrogens with zero attached hydrogens (tertiary/aromatic N) is 2. The molecule has 4 rings (SSSR count). The maximum atomic E-state index is 12.5. The van der Waals surface area contributed by atoms with Crippen LogP contribution in [0.2, 0.25) is 0 Å². The number of aliphatic carboxylic acids is 1. The number of hydrogen-bond donors (Lipinski definition) is 2. The van der Waals surface area contributed by atoms with Crippen LogP contribution in [0, 0.1) is 5.92 Å². The van der Waals surface area contributed by atoms with Gasteiger partial charge in [0.15, 0.2) is 0 Å². The van der Waals surface area contributed by atoms with Crippen LogP contribution in [-0.2, 0) is 14.4 Å². The van der Waals surface area contributed by atoms with E-state index in [0.717, 1.165) is 0 Å². The molecule has 0 aromatic rings. The summed E-state index contributed by atoms with van der Waals surface area (Å²) >= 11 is 0. The number of carbonyl (C=O) groups excluding carboxylic acids is 2. The Kier molecular flexibility index (Phi) is 3.66. The number of halogens is 3. The first-order valence-electron chi connectivity index (χ1n) is 8.27. The van der Waals surface area contributed by atoms with Crippen molar-refractivity contribution in [2.45, 2.75) is 31.1 Å². The monoisotopic (exact) mass is 371 g/mol. The summed E-state index contributed by atoms with van der Waals surface area (Å²) in [7, 11) is 0. The van der Waals surface area contributed by atoms with Gasteiger partial charge in [-0.25, -0.2) is 4.79 Å². The van der Waals surface area contributed by atoms with Gasteiger partial charge in [0.1, 0.15) is 18.3 Å². The lowest BCUT2D eigenvalue weighted by Crippen LogP contribution is -2.68. The van der Waals surface area contributed by atoms with Gasteiger partial charge in [-0.1, -0.05) is 0 Å². The molecule has 10 heteroatoms. The molecule has 2 N–H and O–H groups in total. The van der Waals surface area contributed by atoms with Crippen LogP contribution in [0.1, 0.15) is 12.8 Å². The number of carboxylic acid groups (broad SMARTS) is 1.